The average Bonchev–Trinajstić information content (AvgIpc) is 2.38. The first-order valence-corrected chi connectivity index (χ1v) is 7.05. The minimum absolute atomic E-state index is 1.29. The fraction of sp³-hybridized carbons (Fsp3) is 0.176. The highest BCUT2D eigenvalue weighted by Gasteiger charge is 2.05. The molecular formula is C17H18S. The fourth-order valence-corrected chi connectivity index (χ4v) is 2.72. The molecule has 0 nitrogen and oxygen atoms in total. The van der Waals surface area contributed by atoms with Gasteiger partial charge in [-0.05, 0) is 60.6 Å². The lowest BCUT2D eigenvalue weighted by Gasteiger charge is -2.10. The van der Waals surface area contributed by atoms with Crippen molar-refractivity contribution >= 4 is 11.8 Å². The summed E-state index contributed by atoms with van der Waals surface area (Å²) in [6.45, 7) is 6.39. The maximum atomic E-state index is 2.26. The highest BCUT2D eigenvalue weighted by atomic mass is 32.2. The van der Waals surface area contributed by atoms with Crippen molar-refractivity contribution in [2.75, 3.05) is 0 Å². The number of thioether (sulfide) groups is 1. The Morgan fingerprint density at radius 1 is 0.889 bits per heavy atom. The van der Waals surface area contributed by atoms with Gasteiger partial charge in [0.2, 0.25) is 0 Å². The molecule has 1 heteroatoms. The van der Waals surface area contributed by atoms with E-state index in [0.29, 0.717) is 0 Å². The zero-order chi connectivity index (χ0) is 13.0. The van der Waals surface area contributed by atoms with E-state index >= 15 is 0 Å². The molecule has 0 aliphatic rings. The quantitative estimate of drug-likeness (QED) is 0.643. The summed E-state index contributed by atoms with van der Waals surface area (Å²) in [6.07, 6.45) is 2.06. The average molecular weight is 254 g/mol. The third kappa shape index (κ3) is 2.85. The maximum absolute atomic E-state index is 2.26. The van der Waals surface area contributed by atoms with E-state index in [1.54, 1.807) is 11.8 Å². The summed E-state index contributed by atoms with van der Waals surface area (Å²) in [6, 6.07) is 15.2. The molecule has 0 spiro atoms. The number of hydrogen-bond donors (Lipinski definition) is 0. The van der Waals surface area contributed by atoms with E-state index in [4.69, 9.17) is 0 Å². The van der Waals surface area contributed by atoms with Gasteiger partial charge in [0.1, 0.15) is 0 Å². The van der Waals surface area contributed by atoms with Crippen molar-refractivity contribution in [1.82, 2.24) is 0 Å². The first kappa shape index (κ1) is 13.0. The molecule has 0 N–H and O–H groups in total. The zero-order valence-corrected chi connectivity index (χ0v) is 11.9. The van der Waals surface area contributed by atoms with Gasteiger partial charge in [0, 0.05) is 4.90 Å². The summed E-state index contributed by atoms with van der Waals surface area (Å²) in [7, 11) is 0. The van der Waals surface area contributed by atoms with Crippen LogP contribution in [0.25, 0.3) is 11.1 Å². The van der Waals surface area contributed by atoms with Crippen molar-refractivity contribution < 1.29 is 0 Å². The Morgan fingerprint density at radius 2 is 1.61 bits per heavy atom. The lowest BCUT2D eigenvalue weighted by molar-refractivity contribution is 1.35. The number of benzene rings is 2. The van der Waals surface area contributed by atoms with Gasteiger partial charge in [-0.25, -0.2) is 0 Å². The van der Waals surface area contributed by atoms with Crippen LogP contribution >= 0.6 is 11.8 Å². The van der Waals surface area contributed by atoms with Crippen LogP contribution in [0.3, 0.4) is 0 Å². The molecule has 2 aromatic rings. The van der Waals surface area contributed by atoms with E-state index in [2.05, 4.69) is 67.8 Å². The summed E-state index contributed by atoms with van der Waals surface area (Å²) in [4.78, 5) is 1.29. The molecule has 92 valence electrons. The second kappa shape index (κ2) is 5.92. The van der Waals surface area contributed by atoms with E-state index < -0.39 is 0 Å². The van der Waals surface area contributed by atoms with Crippen LogP contribution < -0.4 is 0 Å². The Labute approximate surface area is 114 Å². The first-order valence-electron chi connectivity index (χ1n) is 6.17. The summed E-state index contributed by atoms with van der Waals surface area (Å²) in [5, 5.41) is 2.11. The number of aryl methyl sites for hydroxylation is 2. The van der Waals surface area contributed by atoms with E-state index in [-0.39, 0.29) is 0 Å². The Hall–Kier alpha value is -1.47. The van der Waals surface area contributed by atoms with Crippen molar-refractivity contribution in [2.45, 2.75) is 25.7 Å². The zero-order valence-electron chi connectivity index (χ0n) is 11.1. The monoisotopic (exact) mass is 254 g/mol. The van der Waals surface area contributed by atoms with Crippen LogP contribution in [0.5, 0.6) is 0 Å². The molecule has 0 unspecified atom stereocenters. The third-order valence-electron chi connectivity index (χ3n) is 2.97. The smallest absolute Gasteiger partial charge is 0.0119 e. The van der Waals surface area contributed by atoms with Gasteiger partial charge >= 0.3 is 0 Å². The SMILES string of the molecule is C/C=C\Sc1ccc(-c2ccccc2C)c(C)c1. The first-order chi connectivity index (χ1) is 8.72. The van der Waals surface area contributed by atoms with Crippen LogP contribution in [0, 0.1) is 13.8 Å². The predicted molar refractivity (Wildman–Crippen MR) is 82.0 cm³/mol. The van der Waals surface area contributed by atoms with Gasteiger partial charge in [0.25, 0.3) is 0 Å². The molecule has 0 heterocycles. The molecule has 0 bridgehead atoms. The maximum Gasteiger partial charge on any atom is 0.0119 e. The summed E-state index contributed by atoms with van der Waals surface area (Å²) < 4.78 is 0. The van der Waals surface area contributed by atoms with Crippen molar-refractivity contribution in [2.24, 2.45) is 0 Å². The Kier molecular flexibility index (Phi) is 4.27. The molecule has 18 heavy (non-hydrogen) atoms. The second-order valence-corrected chi connectivity index (χ2v) is 5.36. The molecule has 0 fully saturated rings. The minimum Gasteiger partial charge on any atom is -0.0984 e. The molecule has 0 saturated heterocycles. The van der Waals surface area contributed by atoms with Crippen LogP contribution in [0.4, 0.5) is 0 Å². The van der Waals surface area contributed by atoms with Gasteiger partial charge in [0.15, 0.2) is 0 Å². The molecule has 0 atom stereocenters. The van der Waals surface area contributed by atoms with Crippen LogP contribution in [-0.2, 0) is 0 Å². The molecular weight excluding hydrogens is 236 g/mol. The molecule has 0 saturated carbocycles. The largest absolute Gasteiger partial charge is 0.0984 e. The highest BCUT2D eigenvalue weighted by molar-refractivity contribution is 8.02. The number of rotatable bonds is 3. The van der Waals surface area contributed by atoms with E-state index in [0.717, 1.165) is 0 Å². The van der Waals surface area contributed by atoms with Crippen molar-refractivity contribution in [3.8, 4) is 11.1 Å². The van der Waals surface area contributed by atoms with Gasteiger partial charge in [0.05, 0.1) is 0 Å². The van der Waals surface area contributed by atoms with Crippen molar-refractivity contribution in [3.63, 3.8) is 0 Å². The fourth-order valence-electron chi connectivity index (χ4n) is 2.03. The van der Waals surface area contributed by atoms with Crippen LogP contribution in [0.1, 0.15) is 18.1 Å². The Morgan fingerprint density at radius 3 is 2.28 bits per heavy atom. The van der Waals surface area contributed by atoms with E-state index in [9.17, 15) is 0 Å². The lowest BCUT2D eigenvalue weighted by atomic mass is 9.97. The van der Waals surface area contributed by atoms with Crippen LogP contribution in [0.2, 0.25) is 0 Å². The van der Waals surface area contributed by atoms with E-state index in [1.807, 2.05) is 6.92 Å². The minimum atomic E-state index is 1.29. The van der Waals surface area contributed by atoms with Gasteiger partial charge < -0.3 is 0 Å². The molecule has 0 amide bonds. The van der Waals surface area contributed by atoms with Crippen LogP contribution in [-0.4, -0.2) is 0 Å². The summed E-state index contributed by atoms with van der Waals surface area (Å²) in [5.74, 6) is 0. The second-order valence-electron chi connectivity index (χ2n) is 4.38. The molecule has 0 radical (unpaired) electrons. The van der Waals surface area contributed by atoms with Crippen molar-refractivity contribution in [1.29, 1.82) is 0 Å². The standard InChI is InChI=1S/C17H18S/c1-4-11-18-15-9-10-17(14(3)12-15)16-8-6-5-7-13(16)2/h4-12H,1-3H3/b11-4-. The highest BCUT2D eigenvalue weighted by Crippen LogP contribution is 2.30. The normalized spacial score (nSPS) is 11.1. The van der Waals surface area contributed by atoms with Crippen LogP contribution in [0.15, 0.2) is 58.8 Å². The Balaban J connectivity index is 2.39. The van der Waals surface area contributed by atoms with E-state index in [1.165, 1.54) is 27.1 Å². The summed E-state index contributed by atoms with van der Waals surface area (Å²) in [5.41, 5.74) is 5.32. The van der Waals surface area contributed by atoms with Crippen molar-refractivity contribution in [3.05, 3.63) is 65.1 Å². The predicted octanol–water partition coefficient (Wildman–Crippen LogP) is 5.60. The Bertz CT molecular complexity index is 568. The molecule has 0 aromatic heterocycles. The third-order valence-corrected chi connectivity index (χ3v) is 3.91. The number of allylic oxidation sites excluding steroid dienone is 1. The topological polar surface area (TPSA) is 0 Å². The lowest BCUT2D eigenvalue weighted by Crippen LogP contribution is -1.86. The number of hydrogen-bond acceptors (Lipinski definition) is 1. The molecule has 0 aliphatic carbocycles. The molecule has 2 aromatic carbocycles. The molecule has 2 rings (SSSR count). The summed E-state index contributed by atoms with van der Waals surface area (Å²) >= 11 is 1.76. The van der Waals surface area contributed by atoms with Gasteiger partial charge in [-0.15, -0.1) is 0 Å². The van der Waals surface area contributed by atoms with Gasteiger partial charge in [-0.2, -0.15) is 0 Å². The van der Waals surface area contributed by atoms with Gasteiger partial charge in [-0.1, -0.05) is 48.2 Å². The van der Waals surface area contributed by atoms with Gasteiger partial charge in [-0.3, -0.25) is 0 Å². The molecule has 0 aliphatic heterocycles.